The first-order chi connectivity index (χ1) is 14.8. The van der Waals surface area contributed by atoms with Gasteiger partial charge in [-0.3, -0.25) is 9.79 Å². The molecule has 0 unspecified atom stereocenters. The minimum atomic E-state index is -2.69. The van der Waals surface area contributed by atoms with Gasteiger partial charge in [0, 0.05) is 29.6 Å². The van der Waals surface area contributed by atoms with E-state index in [0.29, 0.717) is 22.5 Å². The molecule has 0 aliphatic carbocycles. The molecular formula is C22H18F4N4O. The average Bonchev–Trinajstić information content (AvgIpc) is 3.08. The summed E-state index contributed by atoms with van der Waals surface area (Å²) in [7, 11) is 0. The first-order valence-corrected chi connectivity index (χ1v) is 9.52. The SMILES string of the molecule is C[C@@H]1N=C(c2ccc(=O)n(CC(F)F)c2)N[C@@]1(c1ccc(F)cc1)c1ccc(F)nc1. The minimum absolute atomic E-state index is 0.365. The van der Waals surface area contributed by atoms with Crippen molar-refractivity contribution in [2.45, 2.75) is 31.5 Å². The molecule has 160 valence electrons. The smallest absolute Gasteiger partial charge is 0.256 e. The molecule has 0 bridgehead atoms. The zero-order valence-corrected chi connectivity index (χ0v) is 16.4. The Labute approximate surface area is 175 Å². The van der Waals surface area contributed by atoms with E-state index in [1.54, 1.807) is 18.2 Å². The van der Waals surface area contributed by atoms with Crippen LogP contribution in [0.5, 0.6) is 0 Å². The van der Waals surface area contributed by atoms with E-state index in [1.165, 1.54) is 42.7 Å². The third-order valence-corrected chi connectivity index (χ3v) is 5.34. The number of hydrogen-bond donors (Lipinski definition) is 1. The summed E-state index contributed by atoms with van der Waals surface area (Å²) < 4.78 is 53.6. The molecule has 1 aromatic carbocycles. The lowest BCUT2D eigenvalue weighted by atomic mass is 9.79. The molecular weight excluding hydrogens is 412 g/mol. The zero-order chi connectivity index (χ0) is 22.2. The van der Waals surface area contributed by atoms with Crippen LogP contribution in [0.4, 0.5) is 17.6 Å². The van der Waals surface area contributed by atoms with Gasteiger partial charge in [-0.05, 0) is 36.8 Å². The van der Waals surface area contributed by atoms with E-state index in [0.717, 1.165) is 4.57 Å². The number of benzene rings is 1. The summed E-state index contributed by atoms with van der Waals surface area (Å²) in [6, 6.07) is 10.8. The van der Waals surface area contributed by atoms with Crippen LogP contribution in [0.15, 0.2) is 70.7 Å². The first-order valence-electron chi connectivity index (χ1n) is 9.52. The lowest BCUT2D eigenvalue weighted by Crippen LogP contribution is -2.48. The van der Waals surface area contributed by atoms with Crippen LogP contribution >= 0.6 is 0 Å². The Hall–Kier alpha value is -3.49. The monoisotopic (exact) mass is 430 g/mol. The molecule has 0 radical (unpaired) electrons. The van der Waals surface area contributed by atoms with Gasteiger partial charge in [0.05, 0.1) is 12.6 Å². The van der Waals surface area contributed by atoms with Crippen LogP contribution in [0.3, 0.4) is 0 Å². The summed E-state index contributed by atoms with van der Waals surface area (Å²) in [5.74, 6) is -0.699. The Morgan fingerprint density at radius 2 is 1.77 bits per heavy atom. The Kier molecular flexibility index (Phi) is 5.34. The molecule has 1 aliphatic rings. The molecule has 3 aromatic rings. The summed E-state index contributed by atoms with van der Waals surface area (Å²) in [5, 5.41) is 3.30. The van der Waals surface area contributed by atoms with Crippen molar-refractivity contribution in [2.75, 3.05) is 0 Å². The highest BCUT2D eigenvalue weighted by molar-refractivity contribution is 6.01. The summed E-state index contributed by atoms with van der Waals surface area (Å²) in [6.45, 7) is 1.09. The van der Waals surface area contributed by atoms with Gasteiger partial charge in [0.1, 0.15) is 17.2 Å². The third kappa shape index (κ3) is 3.83. The maximum absolute atomic E-state index is 13.6. The number of halogens is 4. The molecule has 2 aromatic heterocycles. The van der Waals surface area contributed by atoms with Crippen LogP contribution in [0.1, 0.15) is 23.6 Å². The van der Waals surface area contributed by atoms with Crippen molar-refractivity contribution in [3.8, 4) is 0 Å². The van der Waals surface area contributed by atoms with Gasteiger partial charge in [0.2, 0.25) is 5.95 Å². The topological polar surface area (TPSA) is 59.3 Å². The highest BCUT2D eigenvalue weighted by Gasteiger charge is 2.45. The standard InChI is InChI=1S/C22H18F4N4O/c1-13-22(15-3-6-17(23)7-4-15,16-5-8-19(26)27-10-16)29-21(28-13)14-2-9-20(31)30(11-14)12-18(24)25/h2-11,13,18H,12H2,1H3,(H,28,29)/t13-,22-/m0/s1. The molecule has 3 heterocycles. The molecule has 5 nitrogen and oxygen atoms in total. The number of nitrogens with one attached hydrogen (secondary N) is 1. The molecule has 0 fully saturated rings. The number of aromatic nitrogens is 2. The normalized spacial score (nSPS) is 20.6. The Morgan fingerprint density at radius 3 is 2.42 bits per heavy atom. The van der Waals surface area contributed by atoms with Gasteiger partial charge in [0.15, 0.2) is 0 Å². The van der Waals surface area contributed by atoms with E-state index in [1.807, 2.05) is 6.92 Å². The van der Waals surface area contributed by atoms with Crippen LogP contribution in [0.2, 0.25) is 0 Å². The second-order valence-electron chi connectivity index (χ2n) is 7.26. The number of pyridine rings is 2. The number of rotatable bonds is 5. The van der Waals surface area contributed by atoms with Crippen LogP contribution in [-0.4, -0.2) is 27.9 Å². The Balaban J connectivity index is 1.80. The lowest BCUT2D eigenvalue weighted by molar-refractivity contribution is 0.125. The van der Waals surface area contributed by atoms with Gasteiger partial charge in [-0.15, -0.1) is 0 Å². The zero-order valence-electron chi connectivity index (χ0n) is 16.4. The van der Waals surface area contributed by atoms with E-state index in [9.17, 15) is 22.4 Å². The van der Waals surface area contributed by atoms with Gasteiger partial charge in [0.25, 0.3) is 12.0 Å². The molecule has 2 atom stereocenters. The average molecular weight is 430 g/mol. The summed E-state index contributed by atoms with van der Waals surface area (Å²) in [6.07, 6.45) is 0.00339. The second kappa shape index (κ2) is 7.98. The first kappa shape index (κ1) is 20.8. The number of hydrogen-bond acceptors (Lipinski definition) is 4. The van der Waals surface area contributed by atoms with Gasteiger partial charge < -0.3 is 9.88 Å². The number of alkyl halides is 2. The second-order valence-corrected chi connectivity index (χ2v) is 7.26. The maximum atomic E-state index is 13.6. The Bertz CT molecular complexity index is 1130. The minimum Gasteiger partial charge on any atom is -0.354 e. The molecule has 0 saturated heterocycles. The van der Waals surface area contributed by atoms with Crippen molar-refractivity contribution < 1.29 is 17.6 Å². The Morgan fingerprint density at radius 1 is 1.06 bits per heavy atom. The predicted molar refractivity (Wildman–Crippen MR) is 107 cm³/mol. The summed E-state index contributed by atoms with van der Waals surface area (Å²) in [5.41, 5.74) is 0.129. The van der Waals surface area contributed by atoms with Crippen molar-refractivity contribution in [3.63, 3.8) is 0 Å². The van der Waals surface area contributed by atoms with Crippen LogP contribution in [-0.2, 0) is 12.1 Å². The van der Waals surface area contributed by atoms with Crippen LogP contribution in [0, 0.1) is 11.8 Å². The fourth-order valence-corrected chi connectivity index (χ4v) is 3.84. The molecule has 9 heteroatoms. The van der Waals surface area contributed by atoms with Gasteiger partial charge in [-0.1, -0.05) is 18.2 Å². The molecule has 1 N–H and O–H groups in total. The van der Waals surface area contributed by atoms with Crippen molar-refractivity contribution in [3.05, 3.63) is 99.7 Å². The highest BCUT2D eigenvalue weighted by atomic mass is 19.3. The van der Waals surface area contributed by atoms with Gasteiger partial charge in [-0.2, -0.15) is 4.39 Å². The maximum Gasteiger partial charge on any atom is 0.256 e. The summed E-state index contributed by atoms with van der Waals surface area (Å²) in [4.78, 5) is 20.3. The molecule has 0 amide bonds. The number of nitrogens with zero attached hydrogens (tertiary/aromatic N) is 3. The molecule has 1 aliphatic heterocycles. The van der Waals surface area contributed by atoms with Crippen molar-refractivity contribution in [1.29, 1.82) is 0 Å². The van der Waals surface area contributed by atoms with E-state index < -0.39 is 41.9 Å². The predicted octanol–water partition coefficient (Wildman–Crippen LogP) is 3.47. The quantitative estimate of drug-likeness (QED) is 0.498. The van der Waals surface area contributed by atoms with E-state index in [2.05, 4.69) is 15.3 Å². The van der Waals surface area contributed by atoms with Crippen molar-refractivity contribution in [1.82, 2.24) is 14.9 Å². The van der Waals surface area contributed by atoms with Crippen LogP contribution < -0.4 is 10.9 Å². The largest absolute Gasteiger partial charge is 0.354 e. The number of amidine groups is 1. The van der Waals surface area contributed by atoms with Gasteiger partial charge >= 0.3 is 0 Å². The fraction of sp³-hybridized carbons (Fsp3) is 0.227. The number of aliphatic imine (C=N–C) groups is 1. The van der Waals surface area contributed by atoms with Crippen molar-refractivity contribution >= 4 is 5.84 Å². The van der Waals surface area contributed by atoms with Crippen molar-refractivity contribution in [2.24, 2.45) is 4.99 Å². The van der Waals surface area contributed by atoms with E-state index in [4.69, 9.17) is 0 Å². The highest BCUT2D eigenvalue weighted by Crippen LogP contribution is 2.38. The molecule has 31 heavy (non-hydrogen) atoms. The van der Waals surface area contributed by atoms with Gasteiger partial charge in [-0.25, -0.2) is 18.2 Å². The van der Waals surface area contributed by atoms with E-state index >= 15 is 0 Å². The summed E-state index contributed by atoms with van der Waals surface area (Å²) >= 11 is 0. The lowest BCUT2D eigenvalue weighted by Gasteiger charge is -2.34. The van der Waals surface area contributed by atoms with Crippen LogP contribution in [0.25, 0.3) is 0 Å². The molecule has 4 rings (SSSR count). The fourth-order valence-electron chi connectivity index (χ4n) is 3.84. The molecule has 0 saturated carbocycles. The third-order valence-electron chi connectivity index (χ3n) is 5.34. The van der Waals surface area contributed by atoms with E-state index in [-0.39, 0.29) is 0 Å². The molecule has 0 spiro atoms.